The van der Waals surface area contributed by atoms with Crippen LogP contribution in [0.25, 0.3) is 0 Å². The molecule has 0 spiro atoms. The van der Waals surface area contributed by atoms with E-state index in [1.54, 1.807) is 6.07 Å². The van der Waals surface area contributed by atoms with Gasteiger partial charge in [0.1, 0.15) is 5.75 Å². The van der Waals surface area contributed by atoms with Crippen molar-refractivity contribution >= 4 is 5.97 Å². The Kier molecular flexibility index (Phi) is 3.48. The van der Waals surface area contributed by atoms with Crippen molar-refractivity contribution in [2.45, 2.75) is 26.2 Å². The van der Waals surface area contributed by atoms with Crippen LogP contribution in [0, 0.1) is 0 Å². The number of benzene rings is 1. The molecule has 1 aromatic rings. The first kappa shape index (κ1) is 11.7. The van der Waals surface area contributed by atoms with Gasteiger partial charge in [0.05, 0.1) is 6.54 Å². The van der Waals surface area contributed by atoms with Crippen LogP contribution in [0.4, 0.5) is 0 Å². The van der Waals surface area contributed by atoms with E-state index in [2.05, 4.69) is 20.8 Å². The average molecular weight is 207 g/mol. The summed E-state index contributed by atoms with van der Waals surface area (Å²) in [6.45, 7) is 6.23. The van der Waals surface area contributed by atoms with Crippen molar-refractivity contribution in [1.82, 2.24) is 0 Å². The van der Waals surface area contributed by atoms with E-state index in [-0.39, 0.29) is 12.0 Å². The van der Waals surface area contributed by atoms with Gasteiger partial charge in [0, 0.05) is 0 Å². The number of nitrogens with two attached hydrogens (primary N) is 1. The Hall–Kier alpha value is -1.35. The van der Waals surface area contributed by atoms with Crippen molar-refractivity contribution in [2.75, 3.05) is 6.54 Å². The second-order valence-electron chi connectivity index (χ2n) is 4.46. The fourth-order valence-electron chi connectivity index (χ4n) is 1.20. The summed E-state index contributed by atoms with van der Waals surface area (Å²) in [6, 6.07) is 7.51. The second-order valence-corrected chi connectivity index (χ2v) is 4.46. The highest BCUT2D eigenvalue weighted by Gasteiger charge is 2.14. The maximum Gasteiger partial charge on any atom is 0.325 e. The van der Waals surface area contributed by atoms with Gasteiger partial charge >= 0.3 is 5.97 Å². The van der Waals surface area contributed by atoms with Crippen LogP contribution < -0.4 is 10.5 Å². The van der Waals surface area contributed by atoms with Crippen molar-refractivity contribution in [3.05, 3.63) is 29.8 Å². The molecule has 15 heavy (non-hydrogen) atoms. The molecule has 82 valence electrons. The summed E-state index contributed by atoms with van der Waals surface area (Å²) in [5.41, 5.74) is 6.35. The zero-order chi connectivity index (χ0) is 11.5. The van der Waals surface area contributed by atoms with E-state index in [4.69, 9.17) is 10.5 Å². The molecular formula is C12H17NO2. The molecule has 0 amide bonds. The highest BCUT2D eigenvalue weighted by molar-refractivity contribution is 5.74. The topological polar surface area (TPSA) is 52.3 Å². The molecule has 3 heteroatoms. The first-order valence-corrected chi connectivity index (χ1v) is 4.95. The van der Waals surface area contributed by atoms with Gasteiger partial charge in [0.25, 0.3) is 0 Å². The van der Waals surface area contributed by atoms with Crippen LogP contribution in [0.5, 0.6) is 5.75 Å². The predicted octanol–water partition coefficient (Wildman–Crippen LogP) is 1.85. The first-order chi connectivity index (χ1) is 6.93. The van der Waals surface area contributed by atoms with Crippen LogP contribution in [0.1, 0.15) is 26.3 Å². The van der Waals surface area contributed by atoms with Crippen LogP contribution in [-0.4, -0.2) is 12.5 Å². The summed E-state index contributed by atoms with van der Waals surface area (Å²) in [5.74, 6) is 0.138. The zero-order valence-corrected chi connectivity index (χ0v) is 9.41. The van der Waals surface area contributed by atoms with Crippen LogP contribution in [-0.2, 0) is 10.2 Å². The molecule has 0 fully saturated rings. The van der Waals surface area contributed by atoms with Crippen molar-refractivity contribution in [2.24, 2.45) is 5.73 Å². The number of hydrogen-bond acceptors (Lipinski definition) is 3. The molecular weight excluding hydrogens is 190 g/mol. The average Bonchev–Trinajstić information content (AvgIpc) is 2.17. The minimum absolute atomic E-state index is 0.0468. The van der Waals surface area contributed by atoms with Crippen LogP contribution in [0.3, 0.4) is 0 Å². The largest absolute Gasteiger partial charge is 0.426 e. The monoisotopic (exact) mass is 207 g/mol. The molecule has 0 aliphatic carbocycles. The van der Waals surface area contributed by atoms with Crippen molar-refractivity contribution in [3.63, 3.8) is 0 Å². The quantitative estimate of drug-likeness (QED) is 0.594. The van der Waals surface area contributed by atoms with Crippen LogP contribution in [0.15, 0.2) is 24.3 Å². The van der Waals surface area contributed by atoms with Gasteiger partial charge in [-0.1, -0.05) is 32.9 Å². The molecule has 0 atom stereocenters. The van der Waals surface area contributed by atoms with E-state index in [0.29, 0.717) is 5.75 Å². The van der Waals surface area contributed by atoms with E-state index >= 15 is 0 Å². The smallest absolute Gasteiger partial charge is 0.325 e. The van der Waals surface area contributed by atoms with Gasteiger partial charge in [-0.2, -0.15) is 0 Å². The van der Waals surface area contributed by atoms with E-state index in [0.717, 1.165) is 5.56 Å². The number of carbonyl (C=O) groups excluding carboxylic acids is 1. The summed E-state index contributed by atoms with van der Waals surface area (Å²) in [5, 5.41) is 0. The normalized spacial score (nSPS) is 11.2. The Morgan fingerprint density at radius 2 is 2.07 bits per heavy atom. The summed E-state index contributed by atoms with van der Waals surface area (Å²) < 4.78 is 5.04. The molecule has 0 aliphatic heterocycles. The Morgan fingerprint density at radius 3 is 2.60 bits per heavy atom. The minimum atomic E-state index is -0.416. The number of rotatable bonds is 2. The molecule has 3 nitrogen and oxygen atoms in total. The Balaban J connectivity index is 2.88. The standard InChI is InChI=1S/C12H17NO2/c1-12(2,3)9-5-4-6-10(7-9)15-11(14)8-13/h4-7H,8,13H2,1-3H3. The lowest BCUT2D eigenvalue weighted by atomic mass is 9.87. The molecule has 0 aliphatic rings. The molecule has 0 saturated heterocycles. The number of ether oxygens (including phenoxy) is 1. The highest BCUT2D eigenvalue weighted by Crippen LogP contribution is 2.25. The SMILES string of the molecule is CC(C)(C)c1cccc(OC(=O)CN)c1. The summed E-state index contributed by atoms with van der Waals surface area (Å²) >= 11 is 0. The molecule has 0 bridgehead atoms. The summed E-state index contributed by atoms with van der Waals surface area (Å²) in [6.07, 6.45) is 0. The van der Waals surface area contributed by atoms with Crippen LogP contribution in [0.2, 0.25) is 0 Å². The maximum atomic E-state index is 11.0. The Labute approximate surface area is 90.2 Å². The summed E-state index contributed by atoms with van der Waals surface area (Å²) in [4.78, 5) is 11.0. The van der Waals surface area contributed by atoms with Gasteiger partial charge < -0.3 is 10.5 Å². The third-order valence-electron chi connectivity index (χ3n) is 2.10. The van der Waals surface area contributed by atoms with Crippen molar-refractivity contribution in [3.8, 4) is 5.75 Å². The number of hydrogen-bond donors (Lipinski definition) is 1. The molecule has 0 unspecified atom stereocenters. The highest BCUT2D eigenvalue weighted by atomic mass is 16.5. The molecule has 1 aromatic carbocycles. The van der Waals surface area contributed by atoms with Gasteiger partial charge in [-0.25, -0.2) is 0 Å². The lowest BCUT2D eigenvalue weighted by Gasteiger charge is -2.19. The van der Waals surface area contributed by atoms with E-state index in [1.807, 2.05) is 18.2 Å². The van der Waals surface area contributed by atoms with Gasteiger partial charge in [0.15, 0.2) is 0 Å². The predicted molar refractivity (Wildman–Crippen MR) is 59.8 cm³/mol. The number of esters is 1. The number of carbonyl (C=O) groups is 1. The lowest BCUT2D eigenvalue weighted by molar-refractivity contribution is -0.132. The van der Waals surface area contributed by atoms with E-state index < -0.39 is 5.97 Å². The second kappa shape index (κ2) is 4.45. The Morgan fingerprint density at radius 1 is 1.40 bits per heavy atom. The van der Waals surface area contributed by atoms with E-state index in [9.17, 15) is 4.79 Å². The fraction of sp³-hybridized carbons (Fsp3) is 0.417. The molecule has 2 N–H and O–H groups in total. The maximum absolute atomic E-state index is 11.0. The van der Waals surface area contributed by atoms with Gasteiger partial charge in [0.2, 0.25) is 0 Å². The van der Waals surface area contributed by atoms with Crippen LogP contribution >= 0.6 is 0 Å². The summed E-state index contributed by atoms with van der Waals surface area (Å²) in [7, 11) is 0. The van der Waals surface area contributed by atoms with Crippen molar-refractivity contribution < 1.29 is 9.53 Å². The molecule has 0 heterocycles. The van der Waals surface area contributed by atoms with Crippen molar-refractivity contribution in [1.29, 1.82) is 0 Å². The van der Waals surface area contributed by atoms with Gasteiger partial charge in [-0.3, -0.25) is 4.79 Å². The molecule has 1 rings (SSSR count). The molecule has 0 aromatic heterocycles. The first-order valence-electron chi connectivity index (χ1n) is 4.95. The van der Waals surface area contributed by atoms with Gasteiger partial charge in [-0.15, -0.1) is 0 Å². The van der Waals surface area contributed by atoms with Gasteiger partial charge in [-0.05, 0) is 23.1 Å². The minimum Gasteiger partial charge on any atom is -0.426 e. The molecule has 0 saturated carbocycles. The third-order valence-corrected chi connectivity index (χ3v) is 2.10. The third kappa shape index (κ3) is 3.36. The van der Waals surface area contributed by atoms with E-state index in [1.165, 1.54) is 0 Å². The lowest BCUT2D eigenvalue weighted by Crippen LogP contribution is -2.19. The zero-order valence-electron chi connectivity index (χ0n) is 9.41. The molecule has 0 radical (unpaired) electrons. The Bertz CT molecular complexity index is 353. The fourth-order valence-corrected chi connectivity index (χ4v) is 1.20.